The van der Waals surface area contributed by atoms with Gasteiger partial charge in [0.15, 0.2) is 0 Å². The minimum atomic E-state index is -2.95. The van der Waals surface area contributed by atoms with Gasteiger partial charge >= 0.3 is 6.61 Å². The molecule has 8 heteroatoms. The van der Waals surface area contributed by atoms with Crippen molar-refractivity contribution in [3.63, 3.8) is 0 Å². The van der Waals surface area contributed by atoms with Crippen LogP contribution in [0.2, 0.25) is 0 Å². The van der Waals surface area contributed by atoms with Crippen LogP contribution >= 0.6 is 0 Å². The smallest absolute Gasteiger partial charge is 0.387 e. The Labute approximate surface area is 144 Å². The van der Waals surface area contributed by atoms with Crippen molar-refractivity contribution >= 4 is 11.6 Å². The molecule has 0 bridgehead atoms. The SMILES string of the molecule is Cc1cccc(OC(F)F)c1NC(=O)[C@H]1CNC[C@@H]1c1cnn(C)c1. The van der Waals surface area contributed by atoms with Gasteiger partial charge in [-0.1, -0.05) is 12.1 Å². The van der Waals surface area contributed by atoms with Gasteiger partial charge in [-0.05, 0) is 24.1 Å². The third kappa shape index (κ3) is 3.79. The fourth-order valence-corrected chi connectivity index (χ4v) is 3.15. The van der Waals surface area contributed by atoms with E-state index in [4.69, 9.17) is 0 Å². The number of nitrogens with zero attached hydrogens (tertiary/aromatic N) is 2. The third-order valence-electron chi connectivity index (χ3n) is 4.40. The summed E-state index contributed by atoms with van der Waals surface area (Å²) in [5.41, 5.74) is 1.92. The first-order chi connectivity index (χ1) is 12.0. The first-order valence-corrected chi connectivity index (χ1v) is 8.00. The second-order valence-electron chi connectivity index (χ2n) is 6.13. The number of halogens is 2. The van der Waals surface area contributed by atoms with Crippen LogP contribution in [0.15, 0.2) is 30.6 Å². The Hall–Kier alpha value is -2.48. The number of carbonyl (C=O) groups excluding carboxylic acids is 1. The van der Waals surface area contributed by atoms with Crippen LogP contribution < -0.4 is 15.4 Å². The molecule has 2 atom stereocenters. The van der Waals surface area contributed by atoms with Crippen LogP contribution in [0, 0.1) is 12.8 Å². The summed E-state index contributed by atoms with van der Waals surface area (Å²) in [6, 6.07) is 4.76. The van der Waals surface area contributed by atoms with Crippen LogP contribution in [0.4, 0.5) is 14.5 Å². The lowest BCUT2D eigenvalue weighted by Crippen LogP contribution is -2.28. The molecule has 0 spiro atoms. The van der Waals surface area contributed by atoms with Crippen molar-refractivity contribution in [2.45, 2.75) is 19.5 Å². The number of anilines is 1. The van der Waals surface area contributed by atoms with Crippen molar-refractivity contribution < 1.29 is 18.3 Å². The van der Waals surface area contributed by atoms with E-state index in [1.807, 2.05) is 13.2 Å². The number of rotatable bonds is 5. The number of ether oxygens (including phenoxy) is 1. The first kappa shape index (κ1) is 17.3. The van der Waals surface area contributed by atoms with Crippen molar-refractivity contribution in [3.8, 4) is 5.75 Å². The van der Waals surface area contributed by atoms with Gasteiger partial charge in [-0.25, -0.2) is 0 Å². The highest BCUT2D eigenvalue weighted by molar-refractivity contribution is 5.95. The van der Waals surface area contributed by atoms with Gasteiger partial charge in [0.2, 0.25) is 5.91 Å². The summed E-state index contributed by atoms with van der Waals surface area (Å²) >= 11 is 0. The van der Waals surface area contributed by atoms with Gasteiger partial charge in [-0.15, -0.1) is 0 Å². The molecule has 25 heavy (non-hydrogen) atoms. The van der Waals surface area contributed by atoms with Gasteiger partial charge in [0.25, 0.3) is 0 Å². The predicted octanol–water partition coefficient (Wildman–Crippen LogP) is 2.27. The van der Waals surface area contributed by atoms with Crippen LogP contribution in [0.25, 0.3) is 0 Å². The molecule has 1 aromatic carbocycles. The molecule has 2 aromatic rings. The summed E-state index contributed by atoms with van der Waals surface area (Å²) in [6.07, 6.45) is 3.63. The maximum absolute atomic E-state index is 12.8. The Balaban J connectivity index is 1.80. The van der Waals surface area contributed by atoms with Crippen molar-refractivity contribution in [2.24, 2.45) is 13.0 Å². The molecule has 2 N–H and O–H groups in total. The molecule has 3 rings (SSSR count). The van der Waals surface area contributed by atoms with Crippen LogP contribution in [0.5, 0.6) is 5.75 Å². The zero-order valence-corrected chi connectivity index (χ0v) is 14.0. The predicted molar refractivity (Wildman–Crippen MR) is 88.7 cm³/mol. The van der Waals surface area contributed by atoms with E-state index in [1.165, 1.54) is 6.07 Å². The molecule has 1 amide bonds. The van der Waals surface area contributed by atoms with E-state index in [1.54, 1.807) is 29.9 Å². The maximum atomic E-state index is 12.8. The quantitative estimate of drug-likeness (QED) is 0.868. The Morgan fingerprint density at radius 1 is 1.44 bits per heavy atom. The molecular formula is C17H20F2N4O2. The summed E-state index contributed by atoms with van der Waals surface area (Å²) in [4.78, 5) is 12.8. The number of hydrogen-bond donors (Lipinski definition) is 2. The number of aromatic nitrogens is 2. The zero-order valence-electron chi connectivity index (χ0n) is 14.0. The van der Waals surface area contributed by atoms with Gasteiger partial charge in [0.1, 0.15) is 5.75 Å². The van der Waals surface area contributed by atoms with E-state index in [-0.39, 0.29) is 29.2 Å². The molecule has 1 aliphatic rings. The Morgan fingerprint density at radius 2 is 2.24 bits per heavy atom. The molecule has 1 saturated heterocycles. The van der Waals surface area contributed by atoms with Crippen LogP contribution in [0.3, 0.4) is 0 Å². The minimum absolute atomic E-state index is 0.0165. The van der Waals surface area contributed by atoms with E-state index in [9.17, 15) is 13.6 Å². The number of alkyl halides is 2. The highest BCUT2D eigenvalue weighted by atomic mass is 19.3. The Morgan fingerprint density at radius 3 is 2.92 bits per heavy atom. The van der Waals surface area contributed by atoms with Crippen LogP contribution in [-0.4, -0.2) is 35.4 Å². The Bertz CT molecular complexity index is 763. The fourth-order valence-electron chi connectivity index (χ4n) is 3.15. The normalized spacial score (nSPS) is 20.0. The summed E-state index contributed by atoms with van der Waals surface area (Å²) in [5, 5.41) is 10.1. The lowest BCUT2D eigenvalue weighted by Gasteiger charge is -2.19. The highest BCUT2D eigenvalue weighted by Crippen LogP contribution is 2.33. The molecule has 1 aliphatic heterocycles. The molecular weight excluding hydrogens is 330 g/mol. The Kier molecular flexibility index (Phi) is 4.98. The van der Waals surface area contributed by atoms with E-state index in [0.717, 1.165) is 5.56 Å². The minimum Gasteiger partial charge on any atom is -0.433 e. The van der Waals surface area contributed by atoms with Gasteiger partial charge in [0.05, 0.1) is 17.8 Å². The van der Waals surface area contributed by atoms with E-state index >= 15 is 0 Å². The summed E-state index contributed by atoms with van der Waals surface area (Å²) in [7, 11) is 1.82. The molecule has 0 radical (unpaired) electrons. The number of benzene rings is 1. The number of para-hydroxylation sites is 1. The maximum Gasteiger partial charge on any atom is 0.387 e. The summed E-state index contributed by atoms with van der Waals surface area (Å²) in [5.74, 6) is -0.597. The van der Waals surface area contributed by atoms with E-state index in [0.29, 0.717) is 18.7 Å². The van der Waals surface area contributed by atoms with Crippen molar-refractivity contribution in [1.82, 2.24) is 15.1 Å². The molecule has 1 aromatic heterocycles. The number of carbonyl (C=O) groups is 1. The molecule has 2 heterocycles. The van der Waals surface area contributed by atoms with Crippen LogP contribution in [-0.2, 0) is 11.8 Å². The van der Waals surface area contributed by atoms with Crippen LogP contribution in [0.1, 0.15) is 17.0 Å². The van der Waals surface area contributed by atoms with Crippen molar-refractivity contribution in [1.29, 1.82) is 0 Å². The zero-order chi connectivity index (χ0) is 18.0. The van der Waals surface area contributed by atoms with Gasteiger partial charge < -0.3 is 15.4 Å². The van der Waals surface area contributed by atoms with Gasteiger partial charge in [-0.2, -0.15) is 13.9 Å². The molecule has 0 unspecified atom stereocenters. The molecule has 0 saturated carbocycles. The second-order valence-corrected chi connectivity index (χ2v) is 6.13. The monoisotopic (exact) mass is 350 g/mol. The molecule has 134 valence electrons. The van der Waals surface area contributed by atoms with Crippen molar-refractivity contribution in [2.75, 3.05) is 18.4 Å². The summed E-state index contributed by atoms with van der Waals surface area (Å²) < 4.78 is 31.4. The summed E-state index contributed by atoms with van der Waals surface area (Å²) in [6.45, 7) is -0.0339. The topological polar surface area (TPSA) is 68.2 Å². The number of nitrogens with one attached hydrogen (secondary N) is 2. The number of amides is 1. The largest absolute Gasteiger partial charge is 0.433 e. The second kappa shape index (κ2) is 7.18. The molecule has 6 nitrogen and oxygen atoms in total. The number of aryl methyl sites for hydroxylation is 2. The molecule has 0 aliphatic carbocycles. The average molecular weight is 350 g/mol. The van der Waals surface area contributed by atoms with Gasteiger partial charge in [0, 0.05) is 32.3 Å². The highest BCUT2D eigenvalue weighted by Gasteiger charge is 2.35. The number of hydrogen-bond acceptors (Lipinski definition) is 4. The van der Waals surface area contributed by atoms with E-state index < -0.39 is 6.61 Å². The van der Waals surface area contributed by atoms with Crippen molar-refractivity contribution in [3.05, 3.63) is 41.7 Å². The lowest BCUT2D eigenvalue weighted by atomic mass is 9.90. The lowest BCUT2D eigenvalue weighted by molar-refractivity contribution is -0.119. The molecule has 1 fully saturated rings. The standard InChI is InChI=1S/C17H20F2N4O2/c1-10-4-3-5-14(25-17(18)19)15(10)22-16(24)13-8-20-7-12(13)11-6-21-23(2)9-11/h3-6,9,12-13,17,20H,7-8H2,1-2H3,(H,22,24)/t12-,13+/m1/s1. The first-order valence-electron chi connectivity index (χ1n) is 8.00. The van der Waals surface area contributed by atoms with Gasteiger partial charge in [-0.3, -0.25) is 9.48 Å². The average Bonchev–Trinajstić information content (AvgIpc) is 3.18. The third-order valence-corrected chi connectivity index (χ3v) is 4.40. The van der Waals surface area contributed by atoms with E-state index in [2.05, 4.69) is 20.5 Å². The fraction of sp³-hybridized carbons (Fsp3) is 0.412.